The number of H-pyrrole nitrogens is 1. The first kappa shape index (κ1) is 13.9. The van der Waals surface area contributed by atoms with Gasteiger partial charge in [0.2, 0.25) is 0 Å². The van der Waals surface area contributed by atoms with Crippen LogP contribution in [0.4, 0.5) is 5.69 Å². The van der Waals surface area contributed by atoms with E-state index in [1.165, 1.54) is 18.3 Å². The number of aromatic amines is 1. The first-order chi connectivity index (χ1) is 10.6. The number of nitrogens with zero attached hydrogens (tertiary/aromatic N) is 3. The van der Waals surface area contributed by atoms with Gasteiger partial charge in [-0.15, -0.1) is 0 Å². The van der Waals surface area contributed by atoms with Crippen LogP contribution in [0.2, 0.25) is 0 Å². The highest BCUT2D eigenvalue weighted by Crippen LogP contribution is 2.22. The van der Waals surface area contributed by atoms with Crippen LogP contribution in [0.15, 0.2) is 29.4 Å². The summed E-state index contributed by atoms with van der Waals surface area (Å²) in [7, 11) is 0. The topological polar surface area (TPSA) is 113 Å². The van der Waals surface area contributed by atoms with E-state index < -0.39 is 4.92 Å². The van der Waals surface area contributed by atoms with E-state index in [0.717, 1.165) is 30.5 Å². The summed E-state index contributed by atoms with van der Waals surface area (Å²) >= 11 is 0. The Morgan fingerprint density at radius 1 is 1.36 bits per heavy atom. The van der Waals surface area contributed by atoms with E-state index in [1.807, 2.05) is 0 Å². The normalized spacial score (nSPS) is 13.3. The summed E-state index contributed by atoms with van der Waals surface area (Å²) in [4.78, 5) is 22.1. The molecule has 0 spiro atoms. The van der Waals surface area contributed by atoms with Gasteiger partial charge in [0.1, 0.15) is 0 Å². The number of nitrogens with one attached hydrogen (secondary N) is 2. The Morgan fingerprint density at radius 2 is 2.14 bits per heavy atom. The summed E-state index contributed by atoms with van der Waals surface area (Å²) < 4.78 is 0. The fraction of sp³-hybridized carbons (Fsp3) is 0.214. The van der Waals surface area contributed by atoms with E-state index in [9.17, 15) is 14.9 Å². The molecule has 8 nitrogen and oxygen atoms in total. The van der Waals surface area contributed by atoms with Gasteiger partial charge in [0.05, 0.1) is 11.1 Å². The molecule has 3 rings (SSSR count). The van der Waals surface area contributed by atoms with Gasteiger partial charge in [-0.1, -0.05) is 0 Å². The molecule has 2 aromatic rings. The zero-order chi connectivity index (χ0) is 15.5. The molecule has 0 fully saturated rings. The first-order valence-electron chi connectivity index (χ1n) is 6.79. The number of aromatic nitrogens is 2. The summed E-state index contributed by atoms with van der Waals surface area (Å²) in [6.45, 7) is 0. The molecule has 0 atom stereocenters. The van der Waals surface area contributed by atoms with Crippen LogP contribution in [-0.2, 0) is 12.8 Å². The molecule has 1 aliphatic rings. The Morgan fingerprint density at radius 3 is 2.86 bits per heavy atom. The second-order valence-corrected chi connectivity index (χ2v) is 4.93. The smallest absolute Gasteiger partial charge is 0.281 e. The summed E-state index contributed by atoms with van der Waals surface area (Å²) in [5.41, 5.74) is 5.44. The number of carbonyl (C=O) groups is 1. The number of nitro groups is 1. The highest BCUT2D eigenvalue weighted by atomic mass is 16.6. The largest absolute Gasteiger partial charge is 0.292 e. The van der Waals surface area contributed by atoms with Gasteiger partial charge in [0.15, 0.2) is 5.69 Å². The summed E-state index contributed by atoms with van der Waals surface area (Å²) in [6, 6.07) is 5.87. The van der Waals surface area contributed by atoms with Gasteiger partial charge in [-0.25, -0.2) is 5.43 Å². The molecule has 8 heteroatoms. The van der Waals surface area contributed by atoms with Crippen molar-refractivity contribution in [1.82, 2.24) is 15.6 Å². The monoisotopic (exact) mass is 299 g/mol. The van der Waals surface area contributed by atoms with E-state index in [-0.39, 0.29) is 11.6 Å². The van der Waals surface area contributed by atoms with Crippen LogP contribution in [0.5, 0.6) is 0 Å². The molecule has 1 aromatic carbocycles. The van der Waals surface area contributed by atoms with Crippen LogP contribution in [0.3, 0.4) is 0 Å². The van der Waals surface area contributed by atoms with E-state index in [1.54, 1.807) is 12.1 Å². The maximum Gasteiger partial charge on any atom is 0.292 e. The minimum absolute atomic E-state index is 0.00766. The van der Waals surface area contributed by atoms with Crippen LogP contribution in [0, 0.1) is 10.1 Å². The van der Waals surface area contributed by atoms with Crippen LogP contribution >= 0.6 is 0 Å². The molecule has 2 N–H and O–H groups in total. The molecule has 1 heterocycles. The van der Waals surface area contributed by atoms with Gasteiger partial charge < -0.3 is 0 Å². The van der Waals surface area contributed by atoms with Crippen LogP contribution < -0.4 is 5.43 Å². The van der Waals surface area contributed by atoms with Gasteiger partial charge >= 0.3 is 0 Å². The molecular weight excluding hydrogens is 286 g/mol. The lowest BCUT2D eigenvalue weighted by Gasteiger charge is -1.98. The van der Waals surface area contributed by atoms with Crippen molar-refractivity contribution >= 4 is 17.8 Å². The quantitative estimate of drug-likeness (QED) is 0.506. The number of hydrogen-bond donors (Lipinski definition) is 2. The zero-order valence-corrected chi connectivity index (χ0v) is 11.6. The average Bonchev–Trinajstić information content (AvgIpc) is 3.10. The minimum atomic E-state index is -0.471. The predicted octanol–water partition coefficient (Wildman–Crippen LogP) is 1.57. The van der Waals surface area contributed by atoms with Crippen molar-refractivity contribution in [1.29, 1.82) is 0 Å². The Hall–Kier alpha value is -3.03. The molecule has 0 saturated carbocycles. The molecule has 1 aliphatic carbocycles. The summed E-state index contributed by atoms with van der Waals surface area (Å²) in [5, 5.41) is 21.3. The van der Waals surface area contributed by atoms with Crippen molar-refractivity contribution in [2.24, 2.45) is 5.10 Å². The number of rotatable bonds is 4. The third-order valence-electron chi connectivity index (χ3n) is 3.51. The van der Waals surface area contributed by atoms with E-state index in [0.29, 0.717) is 11.3 Å². The zero-order valence-electron chi connectivity index (χ0n) is 11.6. The van der Waals surface area contributed by atoms with Crippen LogP contribution in [0.25, 0.3) is 0 Å². The van der Waals surface area contributed by atoms with E-state index in [2.05, 4.69) is 20.7 Å². The lowest BCUT2D eigenvalue weighted by atomic mass is 10.2. The number of benzene rings is 1. The van der Waals surface area contributed by atoms with Crippen molar-refractivity contribution in [3.8, 4) is 0 Å². The summed E-state index contributed by atoms with van der Waals surface area (Å²) in [5.74, 6) is -0.363. The fourth-order valence-corrected chi connectivity index (χ4v) is 2.41. The number of amides is 1. The van der Waals surface area contributed by atoms with Crippen LogP contribution in [0.1, 0.15) is 33.7 Å². The summed E-state index contributed by atoms with van der Waals surface area (Å²) in [6.07, 6.45) is 4.22. The number of fused-ring (bicyclic) bond motifs is 1. The molecule has 0 bridgehead atoms. The molecule has 22 heavy (non-hydrogen) atoms. The van der Waals surface area contributed by atoms with E-state index >= 15 is 0 Å². The predicted molar refractivity (Wildman–Crippen MR) is 78.8 cm³/mol. The lowest BCUT2D eigenvalue weighted by Crippen LogP contribution is -2.19. The highest BCUT2D eigenvalue weighted by Gasteiger charge is 2.22. The number of non-ortho nitro benzene ring substituents is 1. The molecule has 1 amide bonds. The molecule has 0 unspecified atom stereocenters. The average molecular weight is 299 g/mol. The molecule has 112 valence electrons. The van der Waals surface area contributed by atoms with Crippen LogP contribution in [-0.4, -0.2) is 27.2 Å². The second-order valence-electron chi connectivity index (χ2n) is 4.93. The maximum absolute atomic E-state index is 12.0. The van der Waals surface area contributed by atoms with Gasteiger partial charge in [0, 0.05) is 23.4 Å². The number of aryl methyl sites for hydroxylation is 1. The maximum atomic E-state index is 12.0. The molecular formula is C14H13N5O3. The SMILES string of the molecule is O=C(N/N=C\c1ccc([N+](=O)[O-])cc1)c1n[nH]c2c1CCC2. The van der Waals surface area contributed by atoms with Gasteiger partial charge in [-0.2, -0.15) is 10.2 Å². The number of nitro benzene ring substituents is 1. The lowest BCUT2D eigenvalue weighted by molar-refractivity contribution is -0.384. The number of hydrogen-bond acceptors (Lipinski definition) is 5. The van der Waals surface area contributed by atoms with Crippen molar-refractivity contribution in [2.75, 3.05) is 0 Å². The Kier molecular flexibility index (Phi) is 3.65. The van der Waals surface area contributed by atoms with E-state index in [4.69, 9.17) is 0 Å². The molecule has 0 radical (unpaired) electrons. The van der Waals surface area contributed by atoms with Crippen molar-refractivity contribution in [3.63, 3.8) is 0 Å². The Balaban J connectivity index is 1.64. The Bertz CT molecular complexity index is 748. The van der Waals surface area contributed by atoms with Gasteiger partial charge in [-0.3, -0.25) is 20.0 Å². The minimum Gasteiger partial charge on any atom is -0.281 e. The second kappa shape index (κ2) is 5.76. The fourth-order valence-electron chi connectivity index (χ4n) is 2.41. The van der Waals surface area contributed by atoms with Gasteiger partial charge in [-0.05, 0) is 37.0 Å². The number of carbonyl (C=O) groups excluding carboxylic acids is 1. The Labute approximate surface area is 125 Å². The highest BCUT2D eigenvalue weighted by molar-refractivity contribution is 5.94. The number of hydrazone groups is 1. The molecule has 0 saturated heterocycles. The van der Waals surface area contributed by atoms with Crippen molar-refractivity contribution < 1.29 is 9.72 Å². The third kappa shape index (κ3) is 2.71. The first-order valence-corrected chi connectivity index (χ1v) is 6.79. The van der Waals surface area contributed by atoms with Crippen molar-refractivity contribution in [2.45, 2.75) is 19.3 Å². The van der Waals surface area contributed by atoms with Gasteiger partial charge in [0.25, 0.3) is 11.6 Å². The standard InChI is InChI=1S/C14H13N5O3/c20-14(13-11-2-1-3-12(11)16-17-13)18-15-8-9-4-6-10(7-5-9)19(21)22/h4-8H,1-3H2,(H,16,17)(H,18,20)/b15-8-. The molecule has 0 aliphatic heterocycles. The molecule has 1 aromatic heterocycles. The third-order valence-corrected chi connectivity index (χ3v) is 3.51. The van der Waals surface area contributed by atoms with Crippen molar-refractivity contribution in [3.05, 3.63) is 56.9 Å².